The van der Waals surface area contributed by atoms with Gasteiger partial charge in [0.05, 0.1) is 11.4 Å². The molecule has 76 valence electrons. The van der Waals surface area contributed by atoms with Crippen molar-refractivity contribution in [1.29, 1.82) is 0 Å². The Bertz CT molecular complexity index is 198. The SMILES string of the molecule is CC(C)(C)C(=O)C1NCCCC1Cl. The third-order valence-corrected chi connectivity index (χ3v) is 2.87. The van der Waals surface area contributed by atoms with Crippen LogP contribution < -0.4 is 5.32 Å². The molecule has 3 heteroatoms. The van der Waals surface area contributed by atoms with Crippen LogP contribution in [-0.4, -0.2) is 23.7 Å². The van der Waals surface area contributed by atoms with E-state index in [0.29, 0.717) is 0 Å². The highest BCUT2D eigenvalue weighted by molar-refractivity contribution is 6.23. The largest absolute Gasteiger partial charge is 0.306 e. The van der Waals surface area contributed by atoms with Crippen molar-refractivity contribution in [2.75, 3.05) is 6.54 Å². The lowest BCUT2D eigenvalue weighted by molar-refractivity contribution is -0.128. The number of alkyl halides is 1. The molecule has 1 N–H and O–H groups in total. The lowest BCUT2D eigenvalue weighted by atomic mass is 9.83. The van der Waals surface area contributed by atoms with E-state index >= 15 is 0 Å². The van der Waals surface area contributed by atoms with Crippen molar-refractivity contribution in [1.82, 2.24) is 5.32 Å². The fourth-order valence-electron chi connectivity index (χ4n) is 1.57. The maximum absolute atomic E-state index is 11.9. The first-order valence-corrected chi connectivity index (χ1v) is 5.28. The fraction of sp³-hybridized carbons (Fsp3) is 0.900. The van der Waals surface area contributed by atoms with Gasteiger partial charge in [0.15, 0.2) is 5.78 Å². The van der Waals surface area contributed by atoms with Gasteiger partial charge in [-0.3, -0.25) is 4.79 Å². The van der Waals surface area contributed by atoms with Gasteiger partial charge in [-0.25, -0.2) is 0 Å². The van der Waals surface area contributed by atoms with Crippen LogP contribution in [0, 0.1) is 5.41 Å². The maximum atomic E-state index is 11.9. The van der Waals surface area contributed by atoms with Crippen molar-refractivity contribution in [3.63, 3.8) is 0 Å². The summed E-state index contributed by atoms with van der Waals surface area (Å²) >= 11 is 6.10. The summed E-state index contributed by atoms with van der Waals surface area (Å²) in [6.07, 6.45) is 2.02. The molecule has 2 nitrogen and oxygen atoms in total. The van der Waals surface area contributed by atoms with E-state index < -0.39 is 0 Å². The highest BCUT2D eigenvalue weighted by Crippen LogP contribution is 2.24. The Morgan fingerprint density at radius 3 is 2.54 bits per heavy atom. The van der Waals surface area contributed by atoms with Crippen molar-refractivity contribution >= 4 is 17.4 Å². The van der Waals surface area contributed by atoms with Crippen molar-refractivity contribution < 1.29 is 4.79 Å². The Balaban J connectivity index is 2.64. The monoisotopic (exact) mass is 203 g/mol. The van der Waals surface area contributed by atoms with Crippen molar-refractivity contribution in [2.24, 2.45) is 5.41 Å². The Kier molecular flexibility index (Phi) is 3.36. The van der Waals surface area contributed by atoms with Crippen LogP contribution >= 0.6 is 11.6 Å². The molecule has 0 saturated carbocycles. The molecular weight excluding hydrogens is 186 g/mol. The second-order valence-electron chi connectivity index (χ2n) is 4.70. The zero-order chi connectivity index (χ0) is 10.1. The van der Waals surface area contributed by atoms with Gasteiger partial charge in [-0.1, -0.05) is 20.8 Å². The summed E-state index contributed by atoms with van der Waals surface area (Å²) in [5.41, 5.74) is -0.290. The van der Waals surface area contributed by atoms with Gasteiger partial charge in [0, 0.05) is 5.41 Å². The van der Waals surface area contributed by atoms with E-state index in [0.717, 1.165) is 19.4 Å². The molecule has 1 aliphatic rings. The molecule has 2 atom stereocenters. The first-order chi connectivity index (χ1) is 5.93. The third-order valence-electron chi connectivity index (χ3n) is 2.40. The Morgan fingerprint density at radius 2 is 2.08 bits per heavy atom. The molecule has 0 bridgehead atoms. The fourth-order valence-corrected chi connectivity index (χ4v) is 1.93. The van der Waals surface area contributed by atoms with Gasteiger partial charge in [0.25, 0.3) is 0 Å². The second kappa shape index (κ2) is 3.97. The zero-order valence-electron chi connectivity index (χ0n) is 8.56. The first-order valence-electron chi connectivity index (χ1n) is 4.84. The van der Waals surface area contributed by atoms with Gasteiger partial charge in [-0.05, 0) is 19.4 Å². The minimum Gasteiger partial charge on any atom is -0.306 e. The molecule has 2 unspecified atom stereocenters. The molecule has 1 saturated heterocycles. The summed E-state index contributed by atoms with van der Waals surface area (Å²) in [5.74, 6) is 0.229. The van der Waals surface area contributed by atoms with E-state index in [1.807, 2.05) is 20.8 Å². The number of nitrogens with one attached hydrogen (secondary N) is 1. The molecule has 13 heavy (non-hydrogen) atoms. The van der Waals surface area contributed by atoms with Crippen molar-refractivity contribution in [2.45, 2.75) is 45.0 Å². The lowest BCUT2D eigenvalue weighted by Crippen LogP contribution is -2.51. The Labute approximate surface area is 85.0 Å². The summed E-state index contributed by atoms with van der Waals surface area (Å²) in [5, 5.41) is 3.17. The summed E-state index contributed by atoms with van der Waals surface area (Å²) in [6.45, 7) is 6.73. The Morgan fingerprint density at radius 1 is 1.46 bits per heavy atom. The molecule has 0 aromatic rings. The number of hydrogen-bond donors (Lipinski definition) is 1. The lowest BCUT2D eigenvalue weighted by Gasteiger charge is -2.31. The summed E-state index contributed by atoms with van der Waals surface area (Å²) in [4.78, 5) is 11.9. The highest BCUT2D eigenvalue weighted by atomic mass is 35.5. The van der Waals surface area contributed by atoms with E-state index in [1.165, 1.54) is 0 Å². The van der Waals surface area contributed by atoms with E-state index in [1.54, 1.807) is 0 Å². The van der Waals surface area contributed by atoms with Crippen LogP contribution in [0.3, 0.4) is 0 Å². The number of Topliss-reactive ketones (excluding diaryl/α,β-unsaturated/α-hetero) is 1. The zero-order valence-corrected chi connectivity index (χ0v) is 9.32. The smallest absolute Gasteiger partial charge is 0.156 e. The standard InChI is InChI=1S/C10H18ClNO/c1-10(2,3)9(13)8-7(11)5-4-6-12-8/h7-8,12H,4-6H2,1-3H3. The van der Waals surface area contributed by atoms with Crippen LogP contribution in [0.1, 0.15) is 33.6 Å². The minimum atomic E-state index is -0.290. The Hall–Kier alpha value is -0.0800. The molecule has 0 spiro atoms. The minimum absolute atomic E-state index is 0.0273. The molecule has 1 heterocycles. The van der Waals surface area contributed by atoms with Gasteiger partial charge < -0.3 is 5.32 Å². The molecule has 0 aromatic carbocycles. The van der Waals surface area contributed by atoms with E-state index in [-0.39, 0.29) is 22.6 Å². The summed E-state index contributed by atoms with van der Waals surface area (Å²) < 4.78 is 0. The number of hydrogen-bond acceptors (Lipinski definition) is 2. The number of ketones is 1. The summed E-state index contributed by atoms with van der Waals surface area (Å²) in [6, 6.07) is -0.143. The predicted octanol–water partition coefficient (Wildman–Crippen LogP) is 1.96. The number of halogens is 1. The topological polar surface area (TPSA) is 29.1 Å². The first kappa shape index (κ1) is 11.0. The van der Waals surface area contributed by atoms with Gasteiger partial charge in [0.2, 0.25) is 0 Å². The number of rotatable bonds is 1. The van der Waals surface area contributed by atoms with Crippen molar-refractivity contribution in [3.05, 3.63) is 0 Å². The molecule has 1 aliphatic heterocycles. The molecule has 0 aliphatic carbocycles. The van der Waals surface area contributed by atoms with Crippen molar-refractivity contribution in [3.8, 4) is 0 Å². The predicted molar refractivity (Wildman–Crippen MR) is 55.1 cm³/mol. The van der Waals surface area contributed by atoms with Gasteiger partial charge in [0.1, 0.15) is 0 Å². The molecule has 1 rings (SSSR count). The second-order valence-corrected chi connectivity index (χ2v) is 5.26. The average molecular weight is 204 g/mol. The molecule has 0 aromatic heterocycles. The molecular formula is C10H18ClNO. The average Bonchev–Trinajstić information content (AvgIpc) is 2.02. The number of piperidine rings is 1. The number of carbonyl (C=O) groups is 1. The van der Waals surface area contributed by atoms with Crippen LogP contribution in [0.25, 0.3) is 0 Å². The van der Waals surface area contributed by atoms with E-state index in [4.69, 9.17) is 11.6 Å². The van der Waals surface area contributed by atoms with Crippen LogP contribution in [0.4, 0.5) is 0 Å². The third kappa shape index (κ3) is 2.68. The van der Waals surface area contributed by atoms with E-state index in [2.05, 4.69) is 5.32 Å². The molecule has 1 fully saturated rings. The van der Waals surface area contributed by atoms with Gasteiger partial charge >= 0.3 is 0 Å². The molecule has 0 amide bonds. The normalized spacial score (nSPS) is 30.2. The van der Waals surface area contributed by atoms with Gasteiger partial charge in [-0.15, -0.1) is 11.6 Å². The highest BCUT2D eigenvalue weighted by Gasteiger charge is 2.35. The van der Waals surface area contributed by atoms with E-state index in [9.17, 15) is 4.79 Å². The quantitative estimate of drug-likeness (QED) is 0.661. The van der Waals surface area contributed by atoms with Crippen LogP contribution in [0.2, 0.25) is 0 Å². The van der Waals surface area contributed by atoms with Crippen LogP contribution in [0.5, 0.6) is 0 Å². The number of carbonyl (C=O) groups excluding carboxylic acids is 1. The van der Waals surface area contributed by atoms with Crippen LogP contribution in [-0.2, 0) is 4.79 Å². The maximum Gasteiger partial charge on any atom is 0.156 e. The molecule has 0 radical (unpaired) electrons. The van der Waals surface area contributed by atoms with Crippen LogP contribution in [0.15, 0.2) is 0 Å². The van der Waals surface area contributed by atoms with Gasteiger partial charge in [-0.2, -0.15) is 0 Å². The summed E-state index contributed by atoms with van der Waals surface area (Å²) in [7, 11) is 0.